The van der Waals surface area contributed by atoms with Crippen molar-refractivity contribution < 1.29 is 32.3 Å². The molecule has 0 N–H and O–H groups in total. The Morgan fingerprint density at radius 2 is 1.67 bits per heavy atom. The average molecular weight is 644 g/mol. The Labute approximate surface area is 263 Å². The number of halogens is 3. The van der Waals surface area contributed by atoms with Crippen LogP contribution in [0.1, 0.15) is 56.4 Å². The van der Waals surface area contributed by atoms with Crippen LogP contribution < -0.4 is 0 Å². The van der Waals surface area contributed by atoms with E-state index in [4.69, 9.17) is 4.74 Å². The number of aromatic nitrogens is 2. The molecule has 13 heteroatoms. The number of imide groups is 1. The number of carbonyl (C=O) groups excluding carboxylic acids is 3. The SMILES string of the molecule is Cc1nc(C(F)(F)F)cc(-c2ccnc3cc(CN4C(=O)C5C(C4=O)C5(C)C)sc23)c1CN1CCN(C(=O)OC(C)(C)C)CC1. The van der Waals surface area contributed by atoms with Crippen LogP contribution in [0.4, 0.5) is 18.0 Å². The molecule has 1 aliphatic carbocycles. The fourth-order valence-corrected chi connectivity index (χ4v) is 7.65. The van der Waals surface area contributed by atoms with E-state index in [1.54, 1.807) is 30.2 Å². The lowest BCUT2D eigenvalue weighted by Crippen LogP contribution is -2.49. The molecule has 9 nitrogen and oxygen atoms in total. The van der Waals surface area contributed by atoms with Gasteiger partial charge in [-0.2, -0.15) is 13.2 Å². The van der Waals surface area contributed by atoms with Crippen LogP contribution in [0.25, 0.3) is 21.3 Å². The monoisotopic (exact) mass is 643 g/mol. The molecule has 3 amide bonds. The summed E-state index contributed by atoms with van der Waals surface area (Å²) in [7, 11) is 0. The number of rotatable bonds is 5. The van der Waals surface area contributed by atoms with Crippen LogP contribution in [0, 0.1) is 24.2 Å². The van der Waals surface area contributed by atoms with Gasteiger partial charge in [-0.1, -0.05) is 13.8 Å². The molecule has 0 radical (unpaired) electrons. The molecule has 240 valence electrons. The highest BCUT2D eigenvalue weighted by Gasteiger charge is 2.72. The lowest BCUT2D eigenvalue weighted by atomic mass is 9.97. The molecule has 2 saturated heterocycles. The summed E-state index contributed by atoms with van der Waals surface area (Å²) in [6, 6.07) is 4.59. The van der Waals surface area contributed by atoms with E-state index in [1.807, 2.05) is 34.6 Å². The van der Waals surface area contributed by atoms with E-state index < -0.39 is 17.5 Å². The fraction of sp³-hybridized carbons (Fsp3) is 0.531. The molecule has 5 heterocycles. The summed E-state index contributed by atoms with van der Waals surface area (Å²) >= 11 is 1.33. The van der Waals surface area contributed by atoms with Gasteiger partial charge in [0, 0.05) is 55.1 Å². The number of hydrogen-bond acceptors (Lipinski definition) is 8. The molecule has 3 aromatic heterocycles. The standard InChI is InChI=1S/C32H36F3N5O4S/c1-17-21(16-38-9-11-39(12-10-38)29(43)44-30(2,3)4)20(14-23(37-17)32(33,34)35)19-7-8-36-22-13-18(45-26(19)22)15-40-27(41)24-25(28(40)42)31(24,5)6/h7-8,13-14,24-25H,9-12,15-16H2,1-6H3. The number of thiophene rings is 1. The molecule has 6 rings (SSSR count). The number of amides is 3. The van der Waals surface area contributed by atoms with Gasteiger partial charge in [-0.05, 0) is 62.4 Å². The molecule has 0 aromatic carbocycles. The summed E-state index contributed by atoms with van der Waals surface area (Å²) in [6.07, 6.45) is -3.47. The second kappa shape index (κ2) is 10.8. The molecule has 3 fully saturated rings. The largest absolute Gasteiger partial charge is 0.444 e. The smallest absolute Gasteiger partial charge is 0.433 e. The van der Waals surface area contributed by atoms with Crippen LogP contribution in [0.15, 0.2) is 24.4 Å². The first-order valence-corrected chi connectivity index (χ1v) is 15.8. The van der Waals surface area contributed by atoms with E-state index in [0.717, 1.165) is 10.9 Å². The van der Waals surface area contributed by atoms with Crippen molar-refractivity contribution in [3.63, 3.8) is 0 Å². The topological polar surface area (TPSA) is 95.9 Å². The van der Waals surface area contributed by atoms with Gasteiger partial charge in [0.15, 0.2) is 0 Å². The molecule has 3 aromatic rings. The zero-order valence-corrected chi connectivity index (χ0v) is 26.9. The maximum atomic E-state index is 14.0. The summed E-state index contributed by atoms with van der Waals surface area (Å²) in [6.45, 7) is 13.2. The van der Waals surface area contributed by atoms with Crippen molar-refractivity contribution in [2.24, 2.45) is 17.3 Å². The van der Waals surface area contributed by atoms with Gasteiger partial charge in [-0.3, -0.25) is 24.4 Å². The third-order valence-corrected chi connectivity index (χ3v) is 10.1. The number of likely N-dealkylation sites (tertiary alicyclic amines) is 1. The number of aryl methyl sites for hydroxylation is 1. The minimum Gasteiger partial charge on any atom is -0.444 e. The summed E-state index contributed by atoms with van der Waals surface area (Å²) in [5, 5.41) is 0. The van der Waals surface area contributed by atoms with Crippen molar-refractivity contribution in [2.45, 2.75) is 66.4 Å². The van der Waals surface area contributed by atoms with E-state index in [9.17, 15) is 27.6 Å². The van der Waals surface area contributed by atoms with Gasteiger partial charge in [0.25, 0.3) is 0 Å². The van der Waals surface area contributed by atoms with Gasteiger partial charge < -0.3 is 9.64 Å². The van der Waals surface area contributed by atoms with Crippen molar-refractivity contribution >= 4 is 39.5 Å². The van der Waals surface area contributed by atoms with E-state index in [1.165, 1.54) is 16.2 Å². The van der Waals surface area contributed by atoms with Crippen LogP contribution in [0.2, 0.25) is 0 Å². The lowest BCUT2D eigenvalue weighted by molar-refractivity contribution is -0.144. The molecule has 45 heavy (non-hydrogen) atoms. The first-order chi connectivity index (χ1) is 21.0. The highest BCUT2D eigenvalue weighted by molar-refractivity contribution is 7.19. The Balaban J connectivity index is 1.30. The van der Waals surface area contributed by atoms with Crippen LogP contribution in [0.5, 0.6) is 0 Å². The highest BCUT2D eigenvalue weighted by atomic mass is 32.1. The van der Waals surface area contributed by atoms with Crippen LogP contribution in [-0.2, 0) is 33.6 Å². The zero-order valence-electron chi connectivity index (χ0n) is 26.1. The molecule has 3 aliphatic rings. The molecule has 0 bridgehead atoms. The van der Waals surface area contributed by atoms with Gasteiger partial charge in [0.05, 0.1) is 28.6 Å². The van der Waals surface area contributed by atoms with Crippen molar-refractivity contribution in [1.82, 2.24) is 24.7 Å². The summed E-state index contributed by atoms with van der Waals surface area (Å²) in [4.78, 5) is 52.6. The minimum absolute atomic E-state index is 0.110. The van der Waals surface area contributed by atoms with Gasteiger partial charge >= 0.3 is 12.3 Å². The fourth-order valence-electron chi connectivity index (χ4n) is 6.52. The van der Waals surface area contributed by atoms with Gasteiger partial charge in [-0.25, -0.2) is 9.78 Å². The van der Waals surface area contributed by atoms with Gasteiger partial charge in [0.2, 0.25) is 11.8 Å². The Hall–Kier alpha value is -3.58. The van der Waals surface area contributed by atoms with Crippen molar-refractivity contribution in [3.05, 3.63) is 46.2 Å². The normalized spacial score (nSPS) is 21.9. The zero-order chi connectivity index (χ0) is 32.6. The third-order valence-electron chi connectivity index (χ3n) is 8.99. The number of nitrogens with zero attached hydrogens (tertiary/aromatic N) is 5. The van der Waals surface area contributed by atoms with Crippen molar-refractivity contribution in [2.75, 3.05) is 26.2 Å². The Kier molecular flexibility index (Phi) is 7.51. The number of piperidine rings is 1. The predicted molar refractivity (Wildman–Crippen MR) is 162 cm³/mol. The second-order valence-corrected chi connectivity index (χ2v) is 14.8. The summed E-state index contributed by atoms with van der Waals surface area (Å²) in [5.74, 6) is -0.923. The maximum Gasteiger partial charge on any atom is 0.433 e. The van der Waals surface area contributed by atoms with E-state index in [0.29, 0.717) is 59.6 Å². The van der Waals surface area contributed by atoms with Crippen LogP contribution in [-0.4, -0.2) is 74.4 Å². The van der Waals surface area contributed by atoms with Gasteiger partial charge in [-0.15, -0.1) is 11.3 Å². The number of piperazine rings is 1. The van der Waals surface area contributed by atoms with E-state index >= 15 is 0 Å². The second-order valence-electron chi connectivity index (χ2n) is 13.7. The third kappa shape index (κ3) is 5.80. The Bertz CT molecular complexity index is 1680. The molecular formula is C32H36F3N5O4S. The number of alkyl halides is 3. The van der Waals surface area contributed by atoms with Crippen molar-refractivity contribution in [1.29, 1.82) is 0 Å². The van der Waals surface area contributed by atoms with Crippen LogP contribution >= 0.6 is 11.3 Å². The number of ether oxygens (including phenoxy) is 1. The minimum atomic E-state index is -4.64. The summed E-state index contributed by atoms with van der Waals surface area (Å²) < 4.78 is 48.2. The Morgan fingerprint density at radius 3 is 2.27 bits per heavy atom. The number of pyridine rings is 2. The molecule has 1 saturated carbocycles. The molecule has 2 atom stereocenters. The van der Waals surface area contributed by atoms with E-state index in [2.05, 4.69) is 14.9 Å². The molecule has 2 aliphatic heterocycles. The average Bonchev–Trinajstić information content (AvgIpc) is 3.18. The number of carbonyl (C=O) groups is 3. The Morgan fingerprint density at radius 1 is 1.02 bits per heavy atom. The lowest BCUT2D eigenvalue weighted by Gasteiger charge is -2.36. The highest BCUT2D eigenvalue weighted by Crippen LogP contribution is 2.63. The first kappa shape index (κ1) is 31.4. The molecule has 2 unspecified atom stereocenters. The first-order valence-electron chi connectivity index (χ1n) is 15.0. The summed E-state index contributed by atoms with van der Waals surface area (Å²) in [5.41, 5.74) is 0.588. The molecule has 0 spiro atoms. The molecular weight excluding hydrogens is 607 g/mol. The quantitative estimate of drug-likeness (QED) is 0.321. The van der Waals surface area contributed by atoms with Crippen molar-refractivity contribution in [3.8, 4) is 11.1 Å². The predicted octanol–water partition coefficient (Wildman–Crippen LogP) is 5.88. The number of fused-ring (bicyclic) bond motifs is 2. The maximum absolute atomic E-state index is 14.0. The van der Waals surface area contributed by atoms with E-state index in [-0.39, 0.29) is 47.4 Å². The van der Waals surface area contributed by atoms with Crippen LogP contribution in [0.3, 0.4) is 0 Å². The number of hydrogen-bond donors (Lipinski definition) is 0. The van der Waals surface area contributed by atoms with Gasteiger partial charge in [0.1, 0.15) is 11.3 Å².